The van der Waals surface area contributed by atoms with Crippen molar-refractivity contribution in [3.05, 3.63) is 0 Å². The van der Waals surface area contributed by atoms with E-state index in [4.69, 9.17) is 0 Å². The molecule has 0 spiro atoms. The van der Waals surface area contributed by atoms with Crippen molar-refractivity contribution >= 4 is 0 Å². The highest BCUT2D eigenvalue weighted by molar-refractivity contribution is 4.79. The minimum absolute atomic E-state index is 0.563. The van der Waals surface area contributed by atoms with Crippen LogP contribution in [-0.2, 0) is 0 Å². The zero-order chi connectivity index (χ0) is 12.1. The molecule has 0 aromatic carbocycles. The summed E-state index contributed by atoms with van der Waals surface area (Å²) in [6, 6.07) is 0. The van der Waals surface area contributed by atoms with Gasteiger partial charge in [0.05, 0.1) is 0 Å². The Bertz CT molecular complexity index is 219. The Hall–Kier alpha value is -0.0800. The number of hydrogen-bond acceptors (Lipinski definition) is 2. The first-order valence-electron chi connectivity index (χ1n) is 7.59. The molecule has 0 aromatic heterocycles. The van der Waals surface area contributed by atoms with Crippen LogP contribution in [0.4, 0.5) is 0 Å². The van der Waals surface area contributed by atoms with Crippen LogP contribution in [0.2, 0.25) is 0 Å². The van der Waals surface area contributed by atoms with Crippen molar-refractivity contribution in [2.75, 3.05) is 32.7 Å². The molecule has 2 saturated heterocycles. The monoisotopic (exact) mass is 238 g/mol. The molecule has 0 radical (unpaired) electrons. The van der Waals surface area contributed by atoms with Crippen LogP contribution < -0.4 is 5.32 Å². The molecule has 17 heavy (non-hydrogen) atoms. The van der Waals surface area contributed by atoms with Crippen LogP contribution in [0.15, 0.2) is 0 Å². The van der Waals surface area contributed by atoms with Gasteiger partial charge >= 0.3 is 0 Å². The quantitative estimate of drug-likeness (QED) is 0.810. The van der Waals surface area contributed by atoms with Crippen LogP contribution in [0, 0.1) is 11.3 Å². The lowest BCUT2D eigenvalue weighted by Crippen LogP contribution is -2.40. The van der Waals surface area contributed by atoms with Crippen molar-refractivity contribution in [3.8, 4) is 0 Å². The number of likely N-dealkylation sites (tertiary alicyclic amines) is 1. The zero-order valence-electron chi connectivity index (χ0n) is 11.8. The summed E-state index contributed by atoms with van der Waals surface area (Å²) in [5, 5.41) is 3.45. The summed E-state index contributed by atoms with van der Waals surface area (Å²) in [7, 11) is 0. The Morgan fingerprint density at radius 2 is 2.00 bits per heavy atom. The maximum Gasteiger partial charge on any atom is 0.00327 e. The number of hydrogen-bond donors (Lipinski definition) is 1. The molecular weight excluding hydrogens is 208 g/mol. The van der Waals surface area contributed by atoms with Gasteiger partial charge in [0.2, 0.25) is 0 Å². The Morgan fingerprint density at radius 3 is 2.71 bits per heavy atom. The third-order valence-electron chi connectivity index (χ3n) is 4.52. The Balaban J connectivity index is 1.61. The predicted octanol–water partition coefficient (Wildman–Crippen LogP) is 2.89. The maximum absolute atomic E-state index is 3.45. The predicted molar refractivity (Wildman–Crippen MR) is 74.3 cm³/mol. The molecule has 2 aliphatic heterocycles. The normalized spacial score (nSPS) is 27.2. The lowest BCUT2D eigenvalue weighted by molar-refractivity contribution is 0.114. The minimum Gasteiger partial charge on any atom is -0.317 e. The molecule has 0 saturated carbocycles. The van der Waals surface area contributed by atoms with Gasteiger partial charge in [0.25, 0.3) is 0 Å². The summed E-state index contributed by atoms with van der Waals surface area (Å²) in [6.07, 6.45) is 8.51. The molecule has 1 N–H and O–H groups in total. The molecule has 0 aromatic rings. The van der Waals surface area contributed by atoms with Crippen molar-refractivity contribution in [3.63, 3.8) is 0 Å². The first-order chi connectivity index (χ1) is 8.16. The minimum atomic E-state index is 0.563. The maximum atomic E-state index is 3.45. The number of piperidine rings is 2. The highest BCUT2D eigenvalue weighted by atomic mass is 15.1. The first-order valence-corrected chi connectivity index (χ1v) is 7.59. The lowest BCUT2D eigenvalue weighted by atomic mass is 9.84. The van der Waals surface area contributed by atoms with E-state index in [1.54, 1.807) is 0 Å². The molecule has 2 nitrogen and oxygen atoms in total. The van der Waals surface area contributed by atoms with Crippen LogP contribution >= 0.6 is 0 Å². The second kappa shape index (κ2) is 6.19. The molecule has 0 aliphatic carbocycles. The topological polar surface area (TPSA) is 15.3 Å². The van der Waals surface area contributed by atoms with E-state index in [2.05, 4.69) is 24.1 Å². The van der Waals surface area contributed by atoms with Gasteiger partial charge < -0.3 is 10.2 Å². The molecule has 0 amide bonds. The van der Waals surface area contributed by atoms with Crippen LogP contribution in [0.5, 0.6) is 0 Å². The van der Waals surface area contributed by atoms with Gasteiger partial charge in [-0.3, -0.25) is 0 Å². The highest BCUT2D eigenvalue weighted by Gasteiger charge is 2.25. The molecule has 2 rings (SSSR count). The van der Waals surface area contributed by atoms with E-state index >= 15 is 0 Å². The van der Waals surface area contributed by atoms with E-state index in [9.17, 15) is 0 Å². The first kappa shape index (κ1) is 13.4. The molecule has 0 bridgehead atoms. The fourth-order valence-corrected chi connectivity index (χ4v) is 3.51. The summed E-state index contributed by atoms with van der Waals surface area (Å²) in [5.74, 6) is 1.01. The van der Waals surface area contributed by atoms with Crippen LogP contribution in [0.25, 0.3) is 0 Å². The van der Waals surface area contributed by atoms with E-state index in [1.807, 2.05) is 0 Å². The summed E-state index contributed by atoms with van der Waals surface area (Å²) < 4.78 is 0. The lowest BCUT2D eigenvalue weighted by Gasteiger charge is -2.38. The van der Waals surface area contributed by atoms with Gasteiger partial charge in [0.15, 0.2) is 0 Å². The molecule has 2 heteroatoms. The molecule has 2 fully saturated rings. The van der Waals surface area contributed by atoms with Crippen LogP contribution in [0.3, 0.4) is 0 Å². The molecular formula is C15H30N2. The number of rotatable bonds is 4. The van der Waals surface area contributed by atoms with Gasteiger partial charge in [-0.25, -0.2) is 0 Å². The summed E-state index contributed by atoms with van der Waals surface area (Å²) in [4.78, 5) is 2.70. The molecule has 2 heterocycles. The zero-order valence-corrected chi connectivity index (χ0v) is 11.8. The largest absolute Gasteiger partial charge is 0.317 e. The standard InChI is InChI=1S/C15H30N2/c1-15(2)8-4-12-17(13-15)11-3-5-14-6-9-16-10-7-14/h14,16H,3-13H2,1-2H3. The Morgan fingerprint density at radius 1 is 1.24 bits per heavy atom. The number of nitrogens with zero attached hydrogens (tertiary/aromatic N) is 1. The molecule has 0 unspecified atom stereocenters. The van der Waals surface area contributed by atoms with E-state index in [0.29, 0.717) is 5.41 Å². The second-order valence-electron chi connectivity index (χ2n) is 6.88. The van der Waals surface area contributed by atoms with E-state index in [0.717, 1.165) is 5.92 Å². The molecule has 2 aliphatic rings. The van der Waals surface area contributed by atoms with Crippen molar-refractivity contribution in [1.82, 2.24) is 10.2 Å². The van der Waals surface area contributed by atoms with Gasteiger partial charge in [-0.2, -0.15) is 0 Å². The van der Waals surface area contributed by atoms with Gasteiger partial charge in [-0.05, 0) is 76.0 Å². The Labute approximate surface area is 107 Å². The number of nitrogens with one attached hydrogen (secondary N) is 1. The van der Waals surface area contributed by atoms with E-state index in [-0.39, 0.29) is 0 Å². The van der Waals surface area contributed by atoms with Gasteiger partial charge in [-0.1, -0.05) is 13.8 Å². The van der Waals surface area contributed by atoms with Gasteiger partial charge in [0.1, 0.15) is 0 Å². The summed E-state index contributed by atoms with van der Waals surface area (Å²) in [6.45, 7) is 11.4. The SMILES string of the molecule is CC1(C)CCCN(CCCC2CCNCC2)C1. The average Bonchev–Trinajstić information content (AvgIpc) is 2.29. The highest BCUT2D eigenvalue weighted by Crippen LogP contribution is 2.28. The fourth-order valence-electron chi connectivity index (χ4n) is 3.51. The molecule has 100 valence electrons. The second-order valence-corrected chi connectivity index (χ2v) is 6.88. The van der Waals surface area contributed by atoms with Crippen molar-refractivity contribution in [2.24, 2.45) is 11.3 Å². The molecule has 0 atom stereocenters. The average molecular weight is 238 g/mol. The summed E-state index contributed by atoms with van der Waals surface area (Å²) in [5.41, 5.74) is 0.563. The van der Waals surface area contributed by atoms with Gasteiger partial charge in [-0.15, -0.1) is 0 Å². The third-order valence-corrected chi connectivity index (χ3v) is 4.52. The van der Waals surface area contributed by atoms with Crippen molar-refractivity contribution in [1.29, 1.82) is 0 Å². The van der Waals surface area contributed by atoms with Crippen molar-refractivity contribution in [2.45, 2.75) is 52.4 Å². The fraction of sp³-hybridized carbons (Fsp3) is 1.00. The van der Waals surface area contributed by atoms with E-state index in [1.165, 1.54) is 71.2 Å². The van der Waals surface area contributed by atoms with Gasteiger partial charge in [0, 0.05) is 6.54 Å². The van der Waals surface area contributed by atoms with Crippen molar-refractivity contribution < 1.29 is 0 Å². The third kappa shape index (κ3) is 4.59. The Kier molecular flexibility index (Phi) is 4.87. The van der Waals surface area contributed by atoms with Crippen LogP contribution in [-0.4, -0.2) is 37.6 Å². The van der Waals surface area contributed by atoms with E-state index < -0.39 is 0 Å². The summed E-state index contributed by atoms with van der Waals surface area (Å²) >= 11 is 0. The van der Waals surface area contributed by atoms with Crippen LogP contribution in [0.1, 0.15) is 52.4 Å². The smallest absolute Gasteiger partial charge is 0.00327 e.